The average molecular weight is 284 g/mol. The molecule has 0 saturated heterocycles. The summed E-state index contributed by atoms with van der Waals surface area (Å²) in [6, 6.07) is 1.83. The third-order valence-electron chi connectivity index (χ3n) is 2.69. The van der Waals surface area contributed by atoms with E-state index in [1.807, 2.05) is 24.9 Å². The molecule has 0 radical (unpaired) electrons. The summed E-state index contributed by atoms with van der Waals surface area (Å²) in [5, 5.41) is 12.8. The van der Waals surface area contributed by atoms with E-state index < -0.39 is 6.10 Å². The van der Waals surface area contributed by atoms with Crippen molar-refractivity contribution in [2.45, 2.75) is 19.6 Å². The lowest BCUT2D eigenvalue weighted by Crippen LogP contribution is -2.32. The molecule has 0 fully saturated rings. The molecule has 114 valence electrons. The van der Waals surface area contributed by atoms with Gasteiger partial charge < -0.3 is 24.8 Å². The van der Waals surface area contributed by atoms with Crippen molar-refractivity contribution in [3.63, 3.8) is 0 Å². The molecular formula is C13H24N4O3. The van der Waals surface area contributed by atoms with Gasteiger partial charge in [0.05, 0.1) is 12.7 Å². The van der Waals surface area contributed by atoms with Gasteiger partial charge in [0.2, 0.25) is 0 Å². The van der Waals surface area contributed by atoms with Crippen molar-refractivity contribution in [3.8, 4) is 0 Å². The molecule has 0 spiro atoms. The fraction of sp³-hybridized carbons (Fsp3) is 0.692. The molecule has 1 rings (SSSR count). The standard InChI is InChI=1S/C13H24N4O3/c1-5-20-9-12-15-11(14-2)6-13(16-12)17(3)7-10(18)8-19-4/h6,10,18H,5,7-9H2,1-4H3,(H,14,15,16). The van der Waals surface area contributed by atoms with E-state index in [0.717, 1.165) is 11.6 Å². The molecule has 1 heterocycles. The van der Waals surface area contributed by atoms with Crippen LogP contribution < -0.4 is 10.2 Å². The van der Waals surface area contributed by atoms with Gasteiger partial charge in [0.15, 0.2) is 5.82 Å². The van der Waals surface area contributed by atoms with Crippen molar-refractivity contribution in [3.05, 3.63) is 11.9 Å². The number of nitrogens with zero attached hydrogens (tertiary/aromatic N) is 3. The van der Waals surface area contributed by atoms with E-state index in [-0.39, 0.29) is 0 Å². The number of likely N-dealkylation sites (N-methyl/N-ethyl adjacent to an activating group) is 1. The van der Waals surface area contributed by atoms with Crippen LogP contribution in [0.5, 0.6) is 0 Å². The highest BCUT2D eigenvalue weighted by Crippen LogP contribution is 2.15. The van der Waals surface area contributed by atoms with Crippen LogP contribution in [0, 0.1) is 0 Å². The minimum atomic E-state index is -0.562. The van der Waals surface area contributed by atoms with Crippen LogP contribution in [0.25, 0.3) is 0 Å². The van der Waals surface area contributed by atoms with E-state index in [4.69, 9.17) is 9.47 Å². The number of aliphatic hydroxyl groups is 1. The molecule has 20 heavy (non-hydrogen) atoms. The van der Waals surface area contributed by atoms with E-state index in [2.05, 4.69) is 15.3 Å². The second-order valence-corrected chi connectivity index (χ2v) is 4.40. The number of rotatable bonds is 9. The predicted octanol–water partition coefficient (Wildman–Crippen LogP) is 0.498. The molecule has 0 aliphatic carbocycles. The van der Waals surface area contributed by atoms with Gasteiger partial charge >= 0.3 is 0 Å². The number of hydrogen-bond donors (Lipinski definition) is 2. The van der Waals surface area contributed by atoms with Crippen molar-refractivity contribution in [1.29, 1.82) is 0 Å². The highest BCUT2D eigenvalue weighted by atomic mass is 16.5. The molecular weight excluding hydrogens is 260 g/mol. The van der Waals surface area contributed by atoms with Gasteiger partial charge in [-0.15, -0.1) is 0 Å². The first-order valence-electron chi connectivity index (χ1n) is 6.62. The molecule has 0 bridgehead atoms. The number of anilines is 2. The van der Waals surface area contributed by atoms with E-state index in [1.165, 1.54) is 0 Å². The molecule has 0 amide bonds. The molecule has 7 heteroatoms. The lowest BCUT2D eigenvalue weighted by atomic mass is 10.3. The maximum atomic E-state index is 9.77. The van der Waals surface area contributed by atoms with Gasteiger partial charge in [-0.3, -0.25) is 0 Å². The first-order valence-corrected chi connectivity index (χ1v) is 6.62. The number of nitrogens with one attached hydrogen (secondary N) is 1. The van der Waals surface area contributed by atoms with Crippen LogP contribution in [0.4, 0.5) is 11.6 Å². The van der Waals surface area contributed by atoms with Crippen LogP contribution in [-0.4, -0.2) is 62.1 Å². The van der Waals surface area contributed by atoms with Crippen LogP contribution in [0.1, 0.15) is 12.7 Å². The van der Waals surface area contributed by atoms with Crippen LogP contribution in [-0.2, 0) is 16.1 Å². The first-order chi connectivity index (χ1) is 9.60. The number of methoxy groups -OCH3 is 1. The molecule has 7 nitrogen and oxygen atoms in total. The third-order valence-corrected chi connectivity index (χ3v) is 2.69. The highest BCUT2D eigenvalue weighted by Gasteiger charge is 2.12. The minimum absolute atomic E-state index is 0.292. The highest BCUT2D eigenvalue weighted by molar-refractivity contribution is 5.48. The van der Waals surface area contributed by atoms with E-state index in [9.17, 15) is 5.11 Å². The second kappa shape index (κ2) is 8.68. The molecule has 1 aromatic heterocycles. The van der Waals surface area contributed by atoms with E-state index >= 15 is 0 Å². The molecule has 1 atom stereocenters. The Morgan fingerprint density at radius 2 is 2.20 bits per heavy atom. The lowest BCUT2D eigenvalue weighted by Gasteiger charge is -2.22. The fourth-order valence-electron chi connectivity index (χ4n) is 1.72. The zero-order chi connectivity index (χ0) is 15.0. The van der Waals surface area contributed by atoms with Gasteiger partial charge in [0.1, 0.15) is 18.2 Å². The summed E-state index contributed by atoms with van der Waals surface area (Å²) in [6.07, 6.45) is -0.562. The molecule has 2 N–H and O–H groups in total. The SMILES string of the molecule is CCOCc1nc(NC)cc(N(C)CC(O)COC)n1. The number of aromatic nitrogens is 2. The predicted molar refractivity (Wildman–Crippen MR) is 78.1 cm³/mol. The van der Waals surface area contributed by atoms with Gasteiger partial charge in [-0.05, 0) is 6.92 Å². The number of hydrogen-bond acceptors (Lipinski definition) is 7. The van der Waals surface area contributed by atoms with Gasteiger partial charge in [-0.2, -0.15) is 0 Å². The van der Waals surface area contributed by atoms with Crippen molar-refractivity contribution in [2.24, 2.45) is 0 Å². The summed E-state index contributed by atoms with van der Waals surface area (Å²) >= 11 is 0. The molecule has 0 aliphatic heterocycles. The summed E-state index contributed by atoms with van der Waals surface area (Å²) in [5.41, 5.74) is 0. The Balaban J connectivity index is 2.80. The normalized spacial score (nSPS) is 12.2. The largest absolute Gasteiger partial charge is 0.389 e. The van der Waals surface area contributed by atoms with Crippen LogP contribution in [0.3, 0.4) is 0 Å². The maximum absolute atomic E-state index is 9.77. The Bertz CT molecular complexity index is 403. The lowest BCUT2D eigenvalue weighted by molar-refractivity contribution is 0.0694. The summed E-state index contributed by atoms with van der Waals surface area (Å²) in [7, 11) is 5.23. The summed E-state index contributed by atoms with van der Waals surface area (Å²) < 4.78 is 10.3. The summed E-state index contributed by atoms with van der Waals surface area (Å²) in [5.74, 6) is 2.06. The van der Waals surface area contributed by atoms with E-state index in [1.54, 1.807) is 14.2 Å². The van der Waals surface area contributed by atoms with Crippen LogP contribution >= 0.6 is 0 Å². The Morgan fingerprint density at radius 3 is 2.80 bits per heavy atom. The van der Waals surface area contributed by atoms with Gasteiger partial charge in [0, 0.05) is 40.4 Å². The monoisotopic (exact) mass is 284 g/mol. The second-order valence-electron chi connectivity index (χ2n) is 4.40. The fourth-order valence-corrected chi connectivity index (χ4v) is 1.72. The van der Waals surface area contributed by atoms with Gasteiger partial charge in [-0.1, -0.05) is 0 Å². The smallest absolute Gasteiger partial charge is 0.158 e. The molecule has 0 saturated carbocycles. The Labute approximate surface area is 119 Å². The molecule has 0 aliphatic rings. The minimum Gasteiger partial charge on any atom is -0.389 e. The van der Waals surface area contributed by atoms with Gasteiger partial charge in [0.25, 0.3) is 0 Å². The number of aliphatic hydroxyl groups excluding tert-OH is 1. The van der Waals surface area contributed by atoms with Crippen molar-refractivity contribution >= 4 is 11.6 Å². The maximum Gasteiger partial charge on any atom is 0.158 e. The molecule has 0 aromatic carbocycles. The Morgan fingerprint density at radius 1 is 1.45 bits per heavy atom. The Kier molecular flexibility index (Phi) is 7.21. The zero-order valence-electron chi connectivity index (χ0n) is 12.6. The Hall–Kier alpha value is -1.44. The summed E-state index contributed by atoms with van der Waals surface area (Å²) in [6.45, 7) is 3.64. The van der Waals surface area contributed by atoms with Crippen LogP contribution in [0.2, 0.25) is 0 Å². The molecule has 1 aromatic rings. The van der Waals surface area contributed by atoms with Crippen LogP contribution in [0.15, 0.2) is 6.07 Å². The summed E-state index contributed by atoms with van der Waals surface area (Å²) in [4.78, 5) is 10.6. The number of ether oxygens (including phenoxy) is 2. The van der Waals surface area contributed by atoms with Crippen molar-refractivity contribution in [2.75, 3.05) is 51.2 Å². The van der Waals surface area contributed by atoms with Crippen molar-refractivity contribution < 1.29 is 14.6 Å². The molecule has 1 unspecified atom stereocenters. The topological polar surface area (TPSA) is 79.7 Å². The zero-order valence-corrected chi connectivity index (χ0v) is 12.6. The quantitative estimate of drug-likeness (QED) is 0.683. The van der Waals surface area contributed by atoms with Crippen molar-refractivity contribution in [1.82, 2.24) is 9.97 Å². The van der Waals surface area contributed by atoms with E-state index in [0.29, 0.717) is 32.2 Å². The van der Waals surface area contributed by atoms with Gasteiger partial charge in [-0.25, -0.2) is 9.97 Å². The third kappa shape index (κ3) is 5.28. The first kappa shape index (κ1) is 16.6. The average Bonchev–Trinajstić information content (AvgIpc) is 2.44.